The molecule has 1 unspecified atom stereocenters. The third kappa shape index (κ3) is 3.28. The van der Waals surface area contributed by atoms with Gasteiger partial charge in [-0.1, -0.05) is 0 Å². The van der Waals surface area contributed by atoms with Gasteiger partial charge in [0, 0.05) is 18.7 Å². The molecule has 1 aliphatic heterocycles. The average Bonchev–Trinajstić information content (AvgIpc) is 3.26. The highest BCUT2D eigenvalue weighted by Gasteiger charge is 2.21. The van der Waals surface area contributed by atoms with Gasteiger partial charge in [0.05, 0.1) is 24.5 Å². The molecule has 8 nitrogen and oxygen atoms in total. The fourth-order valence-electron chi connectivity index (χ4n) is 3.08. The van der Waals surface area contributed by atoms with Crippen LogP contribution in [0.25, 0.3) is 5.52 Å². The van der Waals surface area contributed by atoms with Crippen LogP contribution in [0.5, 0.6) is 5.75 Å². The van der Waals surface area contributed by atoms with E-state index < -0.39 is 11.8 Å². The zero-order valence-electron chi connectivity index (χ0n) is 14.5. The van der Waals surface area contributed by atoms with Gasteiger partial charge in [-0.15, -0.1) is 0 Å². The molecule has 2 aromatic heterocycles. The van der Waals surface area contributed by atoms with Crippen LogP contribution in [0.2, 0.25) is 0 Å². The number of benzene rings is 1. The number of nitrogens with zero attached hydrogens (tertiary/aromatic N) is 3. The van der Waals surface area contributed by atoms with Crippen molar-refractivity contribution in [2.24, 2.45) is 0 Å². The molecular formula is C18H17FN4O4. The number of rotatable bonds is 5. The predicted octanol–water partition coefficient (Wildman–Crippen LogP) is 2.79. The van der Waals surface area contributed by atoms with E-state index in [1.807, 2.05) is 0 Å². The molecular weight excluding hydrogens is 355 g/mol. The van der Waals surface area contributed by atoms with Crippen molar-refractivity contribution in [2.75, 3.05) is 18.5 Å². The highest BCUT2D eigenvalue weighted by atomic mass is 19.1. The average molecular weight is 372 g/mol. The third-order valence-electron chi connectivity index (χ3n) is 4.44. The molecule has 0 amide bonds. The number of aromatic carboxylic acids is 1. The lowest BCUT2D eigenvalue weighted by molar-refractivity contribution is 0.0696. The Balaban J connectivity index is 1.73. The van der Waals surface area contributed by atoms with Crippen molar-refractivity contribution in [3.05, 3.63) is 47.7 Å². The molecule has 3 heterocycles. The molecule has 0 bridgehead atoms. The third-order valence-corrected chi connectivity index (χ3v) is 4.44. The number of fused-ring (bicyclic) bond motifs is 1. The van der Waals surface area contributed by atoms with Crippen molar-refractivity contribution in [2.45, 2.75) is 19.4 Å². The molecule has 1 fully saturated rings. The summed E-state index contributed by atoms with van der Waals surface area (Å²) in [4.78, 5) is 15.6. The van der Waals surface area contributed by atoms with Gasteiger partial charge in [0.25, 0.3) is 0 Å². The van der Waals surface area contributed by atoms with Crippen LogP contribution >= 0.6 is 0 Å². The van der Waals surface area contributed by atoms with Gasteiger partial charge in [-0.2, -0.15) is 5.10 Å². The second kappa shape index (κ2) is 6.84. The van der Waals surface area contributed by atoms with E-state index in [-0.39, 0.29) is 11.7 Å². The lowest BCUT2D eigenvalue weighted by Gasteiger charge is -2.17. The maximum absolute atomic E-state index is 13.7. The Labute approximate surface area is 153 Å². The molecule has 0 radical (unpaired) electrons. The number of aromatic nitrogens is 3. The van der Waals surface area contributed by atoms with Crippen molar-refractivity contribution in [1.29, 1.82) is 0 Å². The molecule has 1 saturated heterocycles. The summed E-state index contributed by atoms with van der Waals surface area (Å²) in [5.41, 5.74) is 1.70. The van der Waals surface area contributed by atoms with Gasteiger partial charge in [-0.25, -0.2) is 18.7 Å². The first kappa shape index (κ1) is 17.2. The van der Waals surface area contributed by atoms with Crippen LogP contribution in [-0.2, 0) is 4.74 Å². The van der Waals surface area contributed by atoms with Gasteiger partial charge >= 0.3 is 5.97 Å². The van der Waals surface area contributed by atoms with E-state index in [1.54, 1.807) is 13.0 Å². The molecule has 4 rings (SSSR count). The van der Waals surface area contributed by atoms with E-state index in [4.69, 9.17) is 9.47 Å². The first-order valence-electron chi connectivity index (χ1n) is 8.40. The molecule has 0 spiro atoms. The van der Waals surface area contributed by atoms with E-state index in [0.29, 0.717) is 41.5 Å². The second-order valence-electron chi connectivity index (χ2n) is 6.24. The zero-order valence-corrected chi connectivity index (χ0v) is 14.5. The summed E-state index contributed by atoms with van der Waals surface area (Å²) in [6, 6.07) is 4.16. The first-order chi connectivity index (χ1) is 13.0. The van der Waals surface area contributed by atoms with Crippen LogP contribution in [0.4, 0.5) is 15.9 Å². The van der Waals surface area contributed by atoms with E-state index in [2.05, 4.69) is 15.4 Å². The fourth-order valence-corrected chi connectivity index (χ4v) is 3.08. The standard InChI is InChI=1S/C18H17FN4O4/c1-10-13(18(24)25)7-23-16(10)17(20-9-21-23)22-14-3-2-11(19)6-15(14)27-12-4-5-26-8-12/h2-3,6-7,9,12H,4-5,8H2,1H3,(H,24,25)(H,20,21,22). The molecule has 0 aliphatic carbocycles. The molecule has 1 aliphatic rings. The minimum atomic E-state index is -1.05. The molecule has 9 heteroatoms. The van der Waals surface area contributed by atoms with Crippen LogP contribution in [0.3, 0.4) is 0 Å². The molecule has 3 aromatic rings. The largest absolute Gasteiger partial charge is 0.486 e. The summed E-state index contributed by atoms with van der Waals surface area (Å²) in [6.07, 6.45) is 3.33. The minimum Gasteiger partial charge on any atom is -0.486 e. The van der Waals surface area contributed by atoms with Gasteiger partial charge in [0.1, 0.15) is 29.5 Å². The lowest BCUT2D eigenvalue weighted by atomic mass is 10.2. The quantitative estimate of drug-likeness (QED) is 0.711. The lowest BCUT2D eigenvalue weighted by Crippen LogP contribution is -2.16. The SMILES string of the molecule is Cc1c(C(=O)O)cn2ncnc(Nc3ccc(F)cc3OC3CCOC3)c12. The summed E-state index contributed by atoms with van der Waals surface area (Å²) in [6.45, 7) is 2.75. The Bertz CT molecular complexity index is 1010. The van der Waals surface area contributed by atoms with Crippen molar-refractivity contribution >= 4 is 23.0 Å². The van der Waals surface area contributed by atoms with Crippen LogP contribution < -0.4 is 10.1 Å². The number of ether oxygens (including phenoxy) is 2. The van der Waals surface area contributed by atoms with Crippen molar-refractivity contribution < 1.29 is 23.8 Å². The summed E-state index contributed by atoms with van der Waals surface area (Å²) < 4.78 is 26.4. The Kier molecular flexibility index (Phi) is 4.36. The number of nitrogens with one attached hydrogen (secondary N) is 1. The topological polar surface area (TPSA) is 98.0 Å². The van der Waals surface area contributed by atoms with Gasteiger partial charge in [0.15, 0.2) is 5.82 Å². The molecule has 27 heavy (non-hydrogen) atoms. The van der Waals surface area contributed by atoms with E-state index in [0.717, 1.165) is 6.42 Å². The summed E-state index contributed by atoms with van der Waals surface area (Å²) in [7, 11) is 0. The normalized spacial score (nSPS) is 16.6. The first-order valence-corrected chi connectivity index (χ1v) is 8.40. The molecule has 2 N–H and O–H groups in total. The van der Waals surface area contributed by atoms with Crippen molar-refractivity contribution in [3.8, 4) is 5.75 Å². The van der Waals surface area contributed by atoms with Crippen LogP contribution in [0.15, 0.2) is 30.7 Å². The number of carboxylic acid groups (broad SMARTS) is 1. The Hall–Kier alpha value is -3.20. The van der Waals surface area contributed by atoms with Crippen LogP contribution in [0.1, 0.15) is 22.3 Å². The van der Waals surface area contributed by atoms with Crippen LogP contribution in [-0.4, -0.2) is 45.0 Å². The van der Waals surface area contributed by atoms with E-state index in [9.17, 15) is 14.3 Å². The predicted molar refractivity (Wildman–Crippen MR) is 94.2 cm³/mol. The summed E-state index contributed by atoms with van der Waals surface area (Å²) in [5, 5.41) is 16.5. The number of aryl methyl sites for hydroxylation is 1. The molecule has 1 atom stereocenters. The molecule has 0 saturated carbocycles. The zero-order chi connectivity index (χ0) is 19.0. The maximum atomic E-state index is 13.7. The fraction of sp³-hybridized carbons (Fsp3) is 0.278. The monoisotopic (exact) mass is 372 g/mol. The molecule has 1 aromatic carbocycles. The number of hydrogen-bond donors (Lipinski definition) is 2. The Morgan fingerprint density at radius 1 is 1.48 bits per heavy atom. The Morgan fingerprint density at radius 2 is 2.33 bits per heavy atom. The number of hydrogen-bond acceptors (Lipinski definition) is 6. The highest BCUT2D eigenvalue weighted by Crippen LogP contribution is 2.32. The molecule has 140 valence electrons. The number of halogens is 1. The maximum Gasteiger partial charge on any atom is 0.337 e. The summed E-state index contributed by atoms with van der Waals surface area (Å²) in [5.74, 6) is -0.732. The second-order valence-corrected chi connectivity index (χ2v) is 6.24. The van der Waals surface area contributed by atoms with E-state index >= 15 is 0 Å². The number of carboxylic acids is 1. The van der Waals surface area contributed by atoms with Crippen molar-refractivity contribution in [1.82, 2.24) is 14.6 Å². The van der Waals surface area contributed by atoms with Gasteiger partial charge in [-0.05, 0) is 24.6 Å². The van der Waals surface area contributed by atoms with Crippen molar-refractivity contribution in [3.63, 3.8) is 0 Å². The Morgan fingerprint density at radius 3 is 3.07 bits per heavy atom. The number of carbonyl (C=O) groups is 1. The van der Waals surface area contributed by atoms with Gasteiger partial charge in [-0.3, -0.25) is 0 Å². The van der Waals surface area contributed by atoms with Crippen LogP contribution in [0, 0.1) is 12.7 Å². The highest BCUT2D eigenvalue weighted by molar-refractivity contribution is 5.94. The van der Waals surface area contributed by atoms with Gasteiger partial charge < -0.3 is 19.9 Å². The van der Waals surface area contributed by atoms with Gasteiger partial charge in [0.2, 0.25) is 0 Å². The number of anilines is 2. The summed E-state index contributed by atoms with van der Waals surface area (Å²) >= 11 is 0. The smallest absolute Gasteiger partial charge is 0.337 e. The minimum absolute atomic E-state index is 0.136. The van der Waals surface area contributed by atoms with E-state index in [1.165, 1.54) is 29.2 Å².